The Morgan fingerprint density at radius 3 is 2.27 bits per heavy atom. The lowest BCUT2D eigenvalue weighted by Gasteiger charge is -2.44. The molecular formula is C20H27N3O6S. The van der Waals surface area contributed by atoms with Gasteiger partial charge in [-0.2, -0.15) is 4.31 Å². The highest BCUT2D eigenvalue weighted by atomic mass is 32.2. The molecule has 30 heavy (non-hydrogen) atoms. The smallest absolute Gasteiger partial charge is 0.243 e. The van der Waals surface area contributed by atoms with Crippen molar-refractivity contribution in [2.75, 3.05) is 66.2 Å². The standard InChI is InChI=1S/C20H27N3O6S/c1-28-17-2-4-18(5-3-17)30(26,27)23-12-16(13-23)15-10-22(11-15)20(25)19(14-24)21-6-8-29-9-7-21/h2-5,19,24H,6-14H2,1H3. The molecule has 1 aromatic carbocycles. The molecule has 1 atom stereocenters. The van der Waals surface area contributed by atoms with E-state index in [1.807, 2.05) is 4.90 Å². The highest BCUT2D eigenvalue weighted by Crippen LogP contribution is 2.31. The summed E-state index contributed by atoms with van der Waals surface area (Å²) in [6.07, 6.45) is 0. The number of methoxy groups -OCH3 is 1. The van der Waals surface area contributed by atoms with Gasteiger partial charge in [0.15, 0.2) is 0 Å². The molecule has 0 saturated carbocycles. The van der Waals surface area contributed by atoms with E-state index in [9.17, 15) is 18.3 Å². The maximum atomic E-state index is 12.7. The fourth-order valence-electron chi connectivity index (χ4n) is 3.91. The Balaban J connectivity index is 1.33. The van der Waals surface area contributed by atoms with E-state index in [2.05, 4.69) is 0 Å². The second-order valence-corrected chi connectivity index (χ2v) is 9.63. The van der Waals surface area contributed by atoms with Crippen LogP contribution >= 0.6 is 0 Å². The number of carbonyl (C=O) groups excluding carboxylic acids is 1. The van der Waals surface area contributed by atoms with Crippen molar-refractivity contribution in [2.45, 2.75) is 10.9 Å². The van der Waals surface area contributed by atoms with Gasteiger partial charge in [0.25, 0.3) is 0 Å². The van der Waals surface area contributed by atoms with Crippen LogP contribution in [0.4, 0.5) is 0 Å². The zero-order valence-electron chi connectivity index (χ0n) is 17.0. The minimum atomic E-state index is -3.53. The highest BCUT2D eigenvalue weighted by Gasteiger charge is 2.40. The van der Waals surface area contributed by atoms with Gasteiger partial charge in [0.05, 0.1) is 31.8 Å². The normalized spacial score (nSPS) is 21.7. The zero-order chi connectivity index (χ0) is 21.3. The van der Waals surface area contributed by atoms with E-state index in [1.165, 1.54) is 11.4 Å². The van der Waals surface area contributed by atoms with Crippen molar-refractivity contribution in [3.8, 4) is 5.75 Å². The number of aliphatic hydroxyl groups excluding tert-OH is 1. The second-order valence-electron chi connectivity index (χ2n) is 7.70. The first kappa shape index (κ1) is 21.3. The van der Waals surface area contributed by atoms with Gasteiger partial charge in [0.2, 0.25) is 15.9 Å². The van der Waals surface area contributed by atoms with Gasteiger partial charge in [-0.15, -0.1) is 0 Å². The Hall–Kier alpha value is -1.98. The summed E-state index contributed by atoms with van der Waals surface area (Å²) in [4.78, 5) is 16.7. The van der Waals surface area contributed by atoms with E-state index in [1.54, 1.807) is 29.2 Å². The van der Waals surface area contributed by atoms with Crippen molar-refractivity contribution >= 4 is 15.9 Å². The quantitative estimate of drug-likeness (QED) is 0.601. The number of ether oxygens (including phenoxy) is 2. The van der Waals surface area contributed by atoms with Crippen LogP contribution in [0, 0.1) is 0 Å². The molecule has 3 heterocycles. The summed E-state index contributed by atoms with van der Waals surface area (Å²) >= 11 is 0. The van der Waals surface area contributed by atoms with E-state index in [0.29, 0.717) is 58.2 Å². The molecule has 1 amide bonds. The largest absolute Gasteiger partial charge is 0.497 e. The van der Waals surface area contributed by atoms with Crippen molar-refractivity contribution < 1.29 is 27.8 Å². The summed E-state index contributed by atoms with van der Waals surface area (Å²) < 4.78 is 37.3. The number of amides is 1. The van der Waals surface area contributed by atoms with E-state index in [0.717, 1.165) is 11.1 Å². The lowest BCUT2D eigenvalue weighted by Crippen LogP contribution is -2.58. The summed E-state index contributed by atoms with van der Waals surface area (Å²) in [5, 5.41) is 9.69. The van der Waals surface area contributed by atoms with Gasteiger partial charge < -0.3 is 19.5 Å². The van der Waals surface area contributed by atoms with Crippen molar-refractivity contribution in [3.05, 3.63) is 35.4 Å². The predicted molar refractivity (Wildman–Crippen MR) is 109 cm³/mol. The Kier molecular flexibility index (Phi) is 6.12. The van der Waals surface area contributed by atoms with Crippen LogP contribution in [0.2, 0.25) is 0 Å². The van der Waals surface area contributed by atoms with Gasteiger partial charge in [0, 0.05) is 39.3 Å². The van der Waals surface area contributed by atoms with Gasteiger partial charge >= 0.3 is 0 Å². The third kappa shape index (κ3) is 3.97. The molecule has 10 heteroatoms. The number of hydrogen-bond donors (Lipinski definition) is 1. The molecule has 3 aliphatic heterocycles. The van der Waals surface area contributed by atoms with E-state index >= 15 is 0 Å². The van der Waals surface area contributed by atoms with Gasteiger partial charge in [-0.1, -0.05) is 0 Å². The Morgan fingerprint density at radius 2 is 1.70 bits per heavy atom. The number of hydrogen-bond acceptors (Lipinski definition) is 7. The van der Waals surface area contributed by atoms with Crippen LogP contribution in [0.15, 0.2) is 40.3 Å². The van der Waals surface area contributed by atoms with Gasteiger partial charge in [-0.05, 0) is 35.4 Å². The average Bonchev–Trinajstić information content (AvgIpc) is 2.69. The number of aliphatic hydroxyl groups is 1. The van der Waals surface area contributed by atoms with Crippen LogP contribution in [0.1, 0.15) is 0 Å². The van der Waals surface area contributed by atoms with Crippen LogP contribution in [-0.2, 0) is 19.6 Å². The van der Waals surface area contributed by atoms with Crippen LogP contribution in [0.3, 0.4) is 0 Å². The molecule has 0 aliphatic carbocycles. The van der Waals surface area contributed by atoms with Gasteiger partial charge in [-0.3, -0.25) is 9.69 Å². The minimum absolute atomic E-state index is 0.0780. The molecule has 0 radical (unpaired) electrons. The molecule has 164 valence electrons. The summed E-state index contributed by atoms with van der Waals surface area (Å²) in [7, 11) is -1.99. The SMILES string of the molecule is COc1ccc(S(=O)(=O)N2CC(=C3CN(C(=O)C(CO)N4CCOCC4)C3)C2)cc1. The Morgan fingerprint density at radius 1 is 1.10 bits per heavy atom. The van der Waals surface area contributed by atoms with Gasteiger partial charge in [-0.25, -0.2) is 8.42 Å². The number of rotatable bonds is 6. The van der Waals surface area contributed by atoms with E-state index in [-0.39, 0.29) is 17.4 Å². The van der Waals surface area contributed by atoms with E-state index < -0.39 is 16.1 Å². The third-order valence-electron chi connectivity index (χ3n) is 5.95. The maximum absolute atomic E-state index is 12.7. The highest BCUT2D eigenvalue weighted by molar-refractivity contribution is 7.89. The van der Waals surface area contributed by atoms with Crippen molar-refractivity contribution in [1.29, 1.82) is 0 Å². The summed E-state index contributed by atoms with van der Waals surface area (Å²) in [5.41, 5.74) is 2.19. The minimum Gasteiger partial charge on any atom is -0.497 e. The summed E-state index contributed by atoms with van der Waals surface area (Å²) in [5.74, 6) is 0.531. The molecule has 1 N–H and O–H groups in total. The average molecular weight is 438 g/mol. The predicted octanol–water partition coefficient (Wildman–Crippen LogP) is -0.469. The van der Waals surface area contributed by atoms with Gasteiger partial charge in [0.1, 0.15) is 11.8 Å². The van der Waals surface area contributed by atoms with Crippen LogP contribution in [0.25, 0.3) is 0 Å². The number of sulfonamides is 1. The molecule has 0 spiro atoms. The maximum Gasteiger partial charge on any atom is 0.243 e. The fourth-order valence-corrected chi connectivity index (χ4v) is 5.34. The monoisotopic (exact) mass is 437 g/mol. The second kappa shape index (κ2) is 8.64. The zero-order valence-corrected chi connectivity index (χ0v) is 17.8. The number of carbonyl (C=O) groups is 1. The molecule has 3 fully saturated rings. The lowest BCUT2D eigenvalue weighted by atomic mass is 9.96. The Labute approximate surface area is 176 Å². The molecule has 0 aromatic heterocycles. The van der Waals surface area contributed by atoms with Crippen LogP contribution in [0.5, 0.6) is 5.75 Å². The van der Waals surface area contributed by atoms with Crippen LogP contribution < -0.4 is 4.74 Å². The summed E-state index contributed by atoms with van der Waals surface area (Å²) in [6, 6.07) is 5.82. The lowest BCUT2D eigenvalue weighted by molar-refractivity contribution is -0.142. The molecule has 3 aliphatic rings. The molecule has 1 aromatic rings. The number of morpholine rings is 1. The molecule has 1 unspecified atom stereocenters. The first-order chi connectivity index (χ1) is 14.4. The molecular weight excluding hydrogens is 410 g/mol. The fraction of sp³-hybridized carbons (Fsp3) is 0.550. The molecule has 0 bridgehead atoms. The number of likely N-dealkylation sites (tertiary alicyclic amines) is 1. The van der Waals surface area contributed by atoms with E-state index in [4.69, 9.17) is 9.47 Å². The topological polar surface area (TPSA) is 99.6 Å². The number of benzene rings is 1. The van der Waals surface area contributed by atoms with Crippen molar-refractivity contribution in [3.63, 3.8) is 0 Å². The molecule has 9 nitrogen and oxygen atoms in total. The summed E-state index contributed by atoms with van der Waals surface area (Å²) in [6.45, 7) is 3.92. The first-order valence-electron chi connectivity index (χ1n) is 9.99. The molecule has 4 rings (SSSR count). The Bertz CT molecular complexity index is 908. The first-order valence-corrected chi connectivity index (χ1v) is 11.4. The van der Waals surface area contributed by atoms with Crippen molar-refractivity contribution in [2.24, 2.45) is 0 Å². The van der Waals surface area contributed by atoms with Crippen molar-refractivity contribution in [1.82, 2.24) is 14.1 Å². The molecule has 3 saturated heterocycles. The number of nitrogens with zero attached hydrogens (tertiary/aromatic N) is 3. The van der Waals surface area contributed by atoms with Crippen LogP contribution in [-0.4, -0.2) is 106 Å². The third-order valence-corrected chi connectivity index (χ3v) is 7.76.